The highest BCUT2D eigenvalue weighted by Crippen LogP contribution is 2.25. The topological polar surface area (TPSA) is 48.2 Å². The Morgan fingerprint density at radius 1 is 1.05 bits per heavy atom. The fourth-order valence-electron chi connectivity index (χ4n) is 1.81. The molecule has 0 unspecified atom stereocenters. The second kappa shape index (κ2) is 5.46. The van der Waals surface area contributed by atoms with Crippen LogP contribution in [0.1, 0.15) is 0 Å². The van der Waals surface area contributed by atoms with Crippen LogP contribution in [0.2, 0.25) is 0 Å². The number of halogens is 1. The molecule has 0 saturated carbocycles. The zero-order valence-electron chi connectivity index (χ0n) is 10.7. The maximum atomic E-state index is 5.30. The largest absolute Gasteiger partial charge is 0.497 e. The molecule has 3 rings (SSSR count). The van der Waals surface area contributed by atoms with Crippen LogP contribution in [-0.2, 0) is 0 Å². The number of hydrogen-bond acceptors (Lipinski definition) is 4. The second-order valence-corrected chi connectivity index (χ2v) is 5.08. The minimum absolute atomic E-state index is 0.496. The highest BCUT2D eigenvalue weighted by atomic mass is 79.9. The van der Waals surface area contributed by atoms with Crippen LogP contribution in [0.25, 0.3) is 22.8 Å². The smallest absolute Gasteiger partial charge is 0.258 e. The predicted octanol–water partition coefficient (Wildman–Crippen LogP) is 4.17. The molecule has 5 heteroatoms. The van der Waals surface area contributed by atoms with E-state index < -0.39 is 0 Å². The zero-order valence-corrected chi connectivity index (χ0v) is 12.3. The molecule has 2 aromatic carbocycles. The fraction of sp³-hybridized carbons (Fsp3) is 0.0667. The maximum absolute atomic E-state index is 5.30. The SMILES string of the molecule is COc1cccc(-c2noc(-c3ccc(Br)cc3)n2)c1. The molecule has 0 spiro atoms. The predicted molar refractivity (Wildman–Crippen MR) is 79.4 cm³/mol. The van der Waals surface area contributed by atoms with Gasteiger partial charge in [0.15, 0.2) is 0 Å². The summed E-state index contributed by atoms with van der Waals surface area (Å²) >= 11 is 3.40. The Morgan fingerprint density at radius 3 is 2.60 bits per heavy atom. The third-order valence-electron chi connectivity index (χ3n) is 2.85. The summed E-state index contributed by atoms with van der Waals surface area (Å²) in [6.07, 6.45) is 0. The molecule has 20 heavy (non-hydrogen) atoms. The first-order chi connectivity index (χ1) is 9.76. The normalized spacial score (nSPS) is 10.5. The summed E-state index contributed by atoms with van der Waals surface area (Å²) in [6.45, 7) is 0. The summed E-state index contributed by atoms with van der Waals surface area (Å²) in [5, 5.41) is 4.01. The third kappa shape index (κ3) is 2.58. The zero-order chi connectivity index (χ0) is 13.9. The lowest BCUT2D eigenvalue weighted by atomic mass is 10.2. The van der Waals surface area contributed by atoms with Crippen molar-refractivity contribution in [3.8, 4) is 28.6 Å². The summed E-state index contributed by atoms with van der Waals surface area (Å²) < 4.78 is 11.5. The van der Waals surface area contributed by atoms with Gasteiger partial charge in [-0.25, -0.2) is 0 Å². The van der Waals surface area contributed by atoms with Crippen molar-refractivity contribution in [2.45, 2.75) is 0 Å². The first-order valence-electron chi connectivity index (χ1n) is 6.00. The molecule has 4 nitrogen and oxygen atoms in total. The second-order valence-electron chi connectivity index (χ2n) is 4.16. The number of aromatic nitrogens is 2. The molecule has 0 atom stereocenters. The standard InChI is InChI=1S/C15H11BrN2O2/c1-19-13-4-2-3-11(9-13)14-17-15(20-18-14)10-5-7-12(16)8-6-10/h2-9H,1H3. The van der Waals surface area contributed by atoms with Gasteiger partial charge in [-0.2, -0.15) is 4.98 Å². The molecule has 0 fully saturated rings. The van der Waals surface area contributed by atoms with E-state index in [0.717, 1.165) is 21.3 Å². The molecule has 0 bridgehead atoms. The first kappa shape index (κ1) is 12.9. The molecule has 0 aliphatic rings. The van der Waals surface area contributed by atoms with Gasteiger partial charge in [-0.05, 0) is 36.4 Å². The van der Waals surface area contributed by atoms with Crippen molar-refractivity contribution in [2.75, 3.05) is 7.11 Å². The maximum Gasteiger partial charge on any atom is 0.258 e. The lowest BCUT2D eigenvalue weighted by molar-refractivity contribution is 0.414. The van der Waals surface area contributed by atoms with Crippen LogP contribution in [0.5, 0.6) is 5.75 Å². The van der Waals surface area contributed by atoms with Crippen LogP contribution in [0.15, 0.2) is 57.5 Å². The molecule has 3 aromatic rings. The van der Waals surface area contributed by atoms with E-state index >= 15 is 0 Å². The van der Waals surface area contributed by atoms with E-state index in [1.165, 1.54) is 0 Å². The van der Waals surface area contributed by atoms with Crippen molar-refractivity contribution in [1.82, 2.24) is 10.1 Å². The summed E-state index contributed by atoms with van der Waals surface area (Å²) in [7, 11) is 1.63. The molecule has 0 saturated heterocycles. The first-order valence-corrected chi connectivity index (χ1v) is 6.79. The van der Waals surface area contributed by atoms with E-state index in [1.54, 1.807) is 7.11 Å². The van der Waals surface area contributed by atoms with Crippen LogP contribution < -0.4 is 4.74 Å². The Kier molecular flexibility index (Phi) is 3.52. The molecule has 1 aromatic heterocycles. The van der Waals surface area contributed by atoms with E-state index in [1.807, 2.05) is 48.5 Å². The van der Waals surface area contributed by atoms with E-state index in [2.05, 4.69) is 26.1 Å². The summed E-state index contributed by atoms with van der Waals surface area (Å²) in [4.78, 5) is 4.41. The lowest BCUT2D eigenvalue weighted by Gasteiger charge is -1.99. The van der Waals surface area contributed by atoms with Gasteiger partial charge in [0.25, 0.3) is 5.89 Å². The van der Waals surface area contributed by atoms with Crippen LogP contribution in [0.3, 0.4) is 0 Å². The van der Waals surface area contributed by atoms with Crippen LogP contribution in [0.4, 0.5) is 0 Å². The summed E-state index contributed by atoms with van der Waals surface area (Å²) in [5.41, 5.74) is 1.74. The molecule has 1 heterocycles. The fourth-order valence-corrected chi connectivity index (χ4v) is 2.08. The lowest BCUT2D eigenvalue weighted by Crippen LogP contribution is -1.85. The molecule has 0 aliphatic heterocycles. The number of hydrogen-bond donors (Lipinski definition) is 0. The average Bonchev–Trinajstić information content (AvgIpc) is 2.98. The summed E-state index contributed by atoms with van der Waals surface area (Å²) in [6, 6.07) is 15.3. The molecule has 0 amide bonds. The molecule has 0 radical (unpaired) electrons. The number of nitrogens with zero attached hydrogens (tertiary/aromatic N) is 2. The van der Waals surface area contributed by atoms with Gasteiger partial charge in [0.2, 0.25) is 5.82 Å². The van der Waals surface area contributed by atoms with Gasteiger partial charge < -0.3 is 9.26 Å². The Morgan fingerprint density at radius 2 is 1.85 bits per heavy atom. The average molecular weight is 331 g/mol. The monoisotopic (exact) mass is 330 g/mol. The van der Waals surface area contributed by atoms with Gasteiger partial charge in [-0.1, -0.05) is 33.2 Å². The highest BCUT2D eigenvalue weighted by molar-refractivity contribution is 9.10. The van der Waals surface area contributed by atoms with E-state index in [-0.39, 0.29) is 0 Å². The number of rotatable bonds is 3. The van der Waals surface area contributed by atoms with Gasteiger partial charge in [0.1, 0.15) is 5.75 Å². The molecule has 0 aliphatic carbocycles. The molecular formula is C15H11BrN2O2. The van der Waals surface area contributed by atoms with Gasteiger partial charge >= 0.3 is 0 Å². The van der Waals surface area contributed by atoms with Crippen molar-refractivity contribution >= 4 is 15.9 Å². The Balaban J connectivity index is 1.95. The van der Waals surface area contributed by atoms with Crippen LogP contribution >= 0.6 is 15.9 Å². The number of ether oxygens (including phenoxy) is 1. The third-order valence-corrected chi connectivity index (χ3v) is 3.37. The Labute approximate surface area is 124 Å². The minimum atomic E-state index is 0.496. The quantitative estimate of drug-likeness (QED) is 0.723. The molecule has 0 N–H and O–H groups in total. The highest BCUT2D eigenvalue weighted by Gasteiger charge is 2.10. The van der Waals surface area contributed by atoms with Crippen molar-refractivity contribution < 1.29 is 9.26 Å². The van der Waals surface area contributed by atoms with Crippen molar-refractivity contribution in [2.24, 2.45) is 0 Å². The van der Waals surface area contributed by atoms with Gasteiger partial charge in [-0.3, -0.25) is 0 Å². The van der Waals surface area contributed by atoms with Crippen LogP contribution in [-0.4, -0.2) is 17.3 Å². The Hall–Kier alpha value is -2.14. The number of methoxy groups -OCH3 is 1. The van der Waals surface area contributed by atoms with Crippen molar-refractivity contribution in [1.29, 1.82) is 0 Å². The molecular weight excluding hydrogens is 320 g/mol. The molecule has 100 valence electrons. The van der Waals surface area contributed by atoms with Crippen molar-refractivity contribution in [3.63, 3.8) is 0 Å². The van der Waals surface area contributed by atoms with E-state index in [4.69, 9.17) is 9.26 Å². The van der Waals surface area contributed by atoms with E-state index in [0.29, 0.717) is 11.7 Å². The van der Waals surface area contributed by atoms with Gasteiger partial charge in [0, 0.05) is 15.6 Å². The summed E-state index contributed by atoms with van der Waals surface area (Å²) in [5.74, 6) is 1.80. The van der Waals surface area contributed by atoms with Gasteiger partial charge in [-0.15, -0.1) is 0 Å². The number of benzene rings is 2. The van der Waals surface area contributed by atoms with Crippen molar-refractivity contribution in [3.05, 3.63) is 53.0 Å². The minimum Gasteiger partial charge on any atom is -0.497 e. The van der Waals surface area contributed by atoms with Gasteiger partial charge in [0.05, 0.1) is 7.11 Å². The van der Waals surface area contributed by atoms with Crippen LogP contribution in [0, 0.1) is 0 Å². The van der Waals surface area contributed by atoms with E-state index in [9.17, 15) is 0 Å². The Bertz CT molecular complexity index is 723.